The summed E-state index contributed by atoms with van der Waals surface area (Å²) in [4.78, 5) is 30.7. The number of aryl methyl sites for hydroxylation is 1. The number of rotatable bonds is 16. The van der Waals surface area contributed by atoms with Gasteiger partial charge < -0.3 is 24.4 Å². The molecular formula is C41H49N3O7S. The second kappa shape index (κ2) is 17.9. The molecule has 4 aromatic carbocycles. The van der Waals surface area contributed by atoms with Crippen molar-refractivity contribution in [2.75, 3.05) is 31.7 Å². The number of nitrogens with zero attached hydrogens (tertiary/aromatic N) is 2. The summed E-state index contributed by atoms with van der Waals surface area (Å²) in [6.07, 6.45) is 5.21. The minimum absolute atomic E-state index is 0.0146. The van der Waals surface area contributed by atoms with Crippen molar-refractivity contribution in [2.45, 2.75) is 75.9 Å². The van der Waals surface area contributed by atoms with Crippen LogP contribution in [0.3, 0.4) is 0 Å². The predicted octanol–water partition coefficient (Wildman–Crippen LogP) is 6.70. The topological polar surface area (TPSA) is 114 Å². The molecule has 4 aromatic rings. The van der Waals surface area contributed by atoms with E-state index in [-0.39, 0.29) is 41.2 Å². The van der Waals surface area contributed by atoms with Gasteiger partial charge in [-0.25, -0.2) is 8.42 Å². The highest BCUT2D eigenvalue weighted by Crippen LogP contribution is 2.33. The number of ether oxygens (including phenoxy) is 3. The second-order valence-electron chi connectivity index (χ2n) is 13.0. The van der Waals surface area contributed by atoms with Crippen LogP contribution in [-0.4, -0.2) is 64.6 Å². The summed E-state index contributed by atoms with van der Waals surface area (Å²) in [7, 11) is -1.47. The SMILES string of the molecule is CCOc1ccc(N(CC(=O)N(Cc2ccccc2C)[C@@H](Cc2ccccc2)C(=O)NC2CCCCC2)S(=O)(=O)c2ccc(OC)c(OC)c2)cc1. The average Bonchev–Trinajstić information content (AvgIpc) is 3.16. The van der Waals surface area contributed by atoms with E-state index in [0.29, 0.717) is 18.1 Å². The molecule has 1 saturated carbocycles. The highest BCUT2D eigenvalue weighted by atomic mass is 32.2. The van der Waals surface area contributed by atoms with Crippen molar-refractivity contribution in [1.29, 1.82) is 0 Å². The van der Waals surface area contributed by atoms with Crippen molar-refractivity contribution in [1.82, 2.24) is 10.2 Å². The number of methoxy groups -OCH3 is 2. The number of hydrogen-bond donors (Lipinski definition) is 1. The Morgan fingerprint density at radius 1 is 0.846 bits per heavy atom. The maximum atomic E-state index is 14.9. The largest absolute Gasteiger partial charge is 0.494 e. The number of sulfonamides is 1. The first-order valence-corrected chi connectivity index (χ1v) is 19.2. The summed E-state index contributed by atoms with van der Waals surface area (Å²) in [6.45, 7) is 3.79. The predicted molar refractivity (Wildman–Crippen MR) is 202 cm³/mol. The van der Waals surface area contributed by atoms with E-state index in [4.69, 9.17) is 14.2 Å². The molecule has 52 heavy (non-hydrogen) atoms. The van der Waals surface area contributed by atoms with Crippen molar-refractivity contribution < 1.29 is 32.2 Å². The van der Waals surface area contributed by atoms with Crippen LogP contribution in [0.5, 0.6) is 17.2 Å². The Balaban J connectivity index is 1.59. The highest BCUT2D eigenvalue weighted by molar-refractivity contribution is 7.92. The summed E-state index contributed by atoms with van der Waals surface area (Å²) < 4.78 is 46.7. The monoisotopic (exact) mass is 727 g/mol. The zero-order valence-electron chi connectivity index (χ0n) is 30.4. The minimum Gasteiger partial charge on any atom is -0.494 e. The van der Waals surface area contributed by atoms with Crippen molar-refractivity contribution in [2.24, 2.45) is 0 Å². The number of nitrogens with one attached hydrogen (secondary N) is 1. The molecule has 1 fully saturated rings. The Labute approximate surface area is 307 Å². The molecule has 11 heteroatoms. The molecular weight excluding hydrogens is 679 g/mol. The lowest BCUT2D eigenvalue weighted by Crippen LogP contribution is -2.55. The van der Waals surface area contributed by atoms with Crippen LogP contribution in [-0.2, 0) is 32.6 Å². The first-order valence-electron chi connectivity index (χ1n) is 17.8. The Hall–Kier alpha value is -5.03. The summed E-state index contributed by atoms with van der Waals surface area (Å²) in [5, 5.41) is 3.25. The van der Waals surface area contributed by atoms with Crippen molar-refractivity contribution >= 4 is 27.5 Å². The van der Waals surface area contributed by atoms with Gasteiger partial charge in [0.05, 0.1) is 31.4 Å². The molecule has 0 heterocycles. The van der Waals surface area contributed by atoms with Gasteiger partial charge in [0.25, 0.3) is 10.0 Å². The van der Waals surface area contributed by atoms with Gasteiger partial charge in [-0.15, -0.1) is 0 Å². The van der Waals surface area contributed by atoms with E-state index in [1.807, 2.05) is 68.4 Å². The molecule has 0 aliphatic heterocycles. The lowest BCUT2D eigenvalue weighted by Gasteiger charge is -2.35. The van der Waals surface area contributed by atoms with Gasteiger partial charge in [-0.1, -0.05) is 73.9 Å². The van der Waals surface area contributed by atoms with E-state index in [1.165, 1.54) is 32.4 Å². The number of benzene rings is 4. The molecule has 10 nitrogen and oxygen atoms in total. The van der Waals surface area contributed by atoms with Crippen molar-refractivity contribution in [3.8, 4) is 17.2 Å². The Morgan fingerprint density at radius 3 is 2.17 bits per heavy atom. The molecule has 0 radical (unpaired) electrons. The standard InChI is InChI=1S/C41H49N3O7S/c1-5-51-35-22-20-34(21-23-35)44(52(47,48)36-24-25-38(49-3)39(27-36)50-4)29-40(45)43(28-32-17-13-12-14-30(32)2)37(26-31-15-8-6-9-16-31)41(46)42-33-18-10-7-11-19-33/h6,8-9,12-17,20-25,27,33,37H,5,7,10-11,18-19,26,28-29H2,1-4H3,(H,42,46)/t37-/m0/s1. The van der Waals surface area contributed by atoms with E-state index in [1.54, 1.807) is 29.2 Å². The maximum Gasteiger partial charge on any atom is 0.264 e. The van der Waals surface area contributed by atoms with Crippen LogP contribution in [0.25, 0.3) is 0 Å². The molecule has 1 N–H and O–H groups in total. The van der Waals surface area contributed by atoms with E-state index in [9.17, 15) is 18.0 Å². The van der Waals surface area contributed by atoms with E-state index in [2.05, 4.69) is 5.32 Å². The molecule has 276 valence electrons. The quantitative estimate of drug-likeness (QED) is 0.137. The number of amides is 2. The first-order chi connectivity index (χ1) is 25.1. The Kier molecular flexibility index (Phi) is 13.2. The van der Waals surface area contributed by atoms with Gasteiger partial charge in [-0.05, 0) is 79.8 Å². The van der Waals surface area contributed by atoms with Gasteiger partial charge in [-0.2, -0.15) is 0 Å². The second-order valence-corrected chi connectivity index (χ2v) is 14.8. The third kappa shape index (κ3) is 9.44. The molecule has 2 amide bonds. The van der Waals surface area contributed by atoms with Crippen LogP contribution in [0.2, 0.25) is 0 Å². The zero-order chi connectivity index (χ0) is 37.1. The molecule has 0 bridgehead atoms. The summed E-state index contributed by atoms with van der Waals surface area (Å²) in [5.74, 6) is 0.366. The summed E-state index contributed by atoms with van der Waals surface area (Å²) in [6, 6.07) is 27.3. The summed E-state index contributed by atoms with van der Waals surface area (Å²) in [5.41, 5.74) is 2.95. The van der Waals surface area contributed by atoms with Crippen molar-refractivity contribution in [3.05, 3.63) is 114 Å². The van der Waals surface area contributed by atoms with Crippen molar-refractivity contribution in [3.63, 3.8) is 0 Å². The third-order valence-electron chi connectivity index (χ3n) is 9.48. The van der Waals surface area contributed by atoms with Gasteiger partial charge in [0.2, 0.25) is 11.8 Å². The molecule has 1 aliphatic carbocycles. The third-order valence-corrected chi connectivity index (χ3v) is 11.3. The number of anilines is 1. The highest BCUT2D eigenvalue weighted by Gasteiger charge is 2.36. The normalized spacial score (nSPS) is 13.8. The van der Waals surface area contributed by atoms with E-state index >= 15 is 0 Å². The fraction of sp³-hybridized carbons (Fsp3) is 0.366. The molecule has 1 aliphatic rings. The van der Waals surface area contributed by atoms with Crippen LogP contribution >= 0.6 is 0 Å². The van der Waals surface area contributed by atoms with Gasteiger partial charge in [-0.3, -0.25) is 13.9 Å². The van der Waals surface area contributed by atoms with E-state index in [0.717, 1.165) is 53.1 Å². The average molecular weight is 728 g/mol. The lowest BCUT2D eigenvalue weighted by molar-refractivity contribution is -0.140. The van der Waals surface area contributed by atoms with Gasteiger partial charge in [0.15, 0.2) is 11.5 Å². The van der Waals surface area contributed by atoms with Crippen LogP contribution in [0.1, 0.15) is 55.7 Å². The molecule has 0 saturated heterocycles. The summed E-state index contributed by atoms with van der Waals surface area (Å²) >= 11 is 0. The van der Waals surface area contributed by atoms with Crippen LogP contribution < -0.4 is 23.8 Å². The Morgan fingerprint density at radius 2 is 1.52 bits per heavy atom. The number of hydrogen-bond acceptors (Lipinski definition) is 7. The lowest BCUT2D eigenvalue weighted by atomic mass is 9.94. The fourth-order valence-corrected chi connectivity index (χ4v) is 8.01. The number of carbonyl (C=O) groups is 2. The van der Waals surface area contributed by atoms with Crippen LogP contribution in [0.4, 0.5) is 5.69 Å². The molecule has 0 aromatic heterocycles. The zero-order valence-corrected chi connectivity index (χ0v) is 31.2. The molecule has 0 spiro atoms. The fourth-order valence-electron chi connectivity index (χ4n) is 6.58. The smallest absolute Gasteiger partial charge is 0.264 e. The number of carbonyl (C=O) groups excluding carboxylic acids is 2. The first kappa shape index (κ1) is 38.2. The van der Waals surface area contributed by atoms with Gasteiger partial charge in [0.1, 0.15) is 18.3 Å². The van der Waals surface area contributed by atoms with Gasteiger partial charge in [0, 0.05) is 25.1 Å². The van der Waals surface area contributed by atoms with E-state index < -0.39 is 28.5 Å². The molecule has 0 unspecified atom stereocenters. The minimum atomic E-state index is -4.37. The van der Waals surface area contributed by atoms with Crippen LogP contribution in [0, 0.1) is 6.92 Å². The Bertz CT molecular complexity index is 1900. The molecule has 1 atom stereocenters. The molecule has 5 rings (SSSR count). The van der Waals surface area contributed by atoms with Crippen LogP contribution in [0.15, 0.2) is 102 Å². The maximum absolute atomic E-state index is 14.9. The van der Waals surface area contributed by atoms with Gasteiger partial charge >= 0.3 is 0 Å².